The molecule has 0 aliphatic heterocycles. The molecule has 21 heavy (non-hydrogen) atoms. The molecule has 8 heteroatoms. The second-order valence-corrected chi connectivity index (χ2v) is 7.01. The summed E-state index contributed by atoms with van der Waals surface area (Å²) in [5.41, 5.74) is 5.10. The van der Waals surface area contributed by atoms with Crippen molar-refractivity contribution in [3.05, 3.63) is 28.3 Å². The molecule has 1 aromatic carbocycles. The fraction of sp³-hybridized carbons (Fsp3) is 0.538. The molecule has 1 aromatic rings. The molecule has 0 saturated heterocycles. The van der Waals surface area contributed by atoms with Crippen molar-refractivity contribution in [3.8, 4) is 0 Å². The minimum atomic E-state index is -3.90. The van der Waals surface area contributed by atoms with Gasteiger partial charge >= 0.3 is 0 Å². The molecule has 0 heterocycles. The number of nitrogens with one attached hydrogen (secondary N) is 1. The lowest BCUT2D eigenvalue weighted by atomic mass is 10.1. The van der Waals surface area contributed by atoms with Crippen LogP contribution in [0.25, 0.3) is 0 Å². The van der Waals surface area contributed by atoms with Crippen molar-refractivity contribution in [2.24, 2.45) is 5.92 Å². The molecule has 0 aliphatic rings. The zero-order chi connectivity index (χ0) is 16.0. The number of nitrogen functional groups attached to an aromatic ring is 1. The molecule has 0 bridgehead atoms. The molecule has 118 valence electrons. The van der Waals surface area contributed by atoms with Crippen molar-refractivity contribution in [2.45, 2.75) is 38.0 Å². The van der Waals surface area contributed by atoms with Crippen LogP contribution in [0.4, 0.5) is 11.4 Å². The number of nitro benzene ring substituents is 1. The largest absolute Gasteiger partial charge is 0.399 e. The molecule has 0 aromatic heterocycles. The molecule has 0 aliphatic carbocycles. The van der Waals surface area contributed by atoms with Gasteiger partial charge in [0.15, 0.2) is 4.90 Å². The molecule has 3 N–H and O–H groups in total. The van der Waals surface area contributed by atoms with Crippen LogP contribution >= 0.6 is 0 Å². The Hall–Kier alpha value is -1.67. The number of hydrogen-bond donors (Lipinski definition) is 2. The van der Waals surface area contributed by atoms with Gasteiger partial charge in [-0.25, -0.2) is 13.1 Å². The zero-order valence-corrected chi connectivity index (χ0v) is 13.0. The van der Waals surface area contributed by atoms with E-state index in [1.54, 1.807) is 0 Å². The van der Waals surface area contributed by atoms with Gasteiger partial charge in [-0.1, -0.05) is 26.7 Å². The Morgan fingerprint density at radius 3 is 2.57 bits per heavy atom. The first-order valence-electron chi connectivity index (χ1n) is 6.77. The quantitative estimate of drug-likeness (QED) is 0.330. The monoisotopic (exact) mass is 315 g/mol. The maximum Gasteiger partial charge on any atom is 0.291 e. The number of benzene rings is 1. The summed E-state index contributed by atoms with van der Waals surface area (Å²) in [5, 5.41) is 10.9. The molecular formula is C13H21N3O4S. The highest BCUT2D eigenvalue weighted by Gasteiger charge is 2.25. The summed E-state index contributed by atoms with van der Waals surface area (Å²) in [5.74, 6) is 0.569. The summed E-state index contributed by atoms with van der Waals surface area (Å²) >= 11 is 0. The van der Waals surface area contributed by atoms with Crippen LogP contribution in [0.3, 0.4) is 0 Å². The van der Waals surface area contributed by atoms with Crippen LogP contribution < -0.4 is 10.5 Å². The smallest absolute Gasteiger partial charge is 0.291 e. The van der Waals surface area contributed by atoms with Gasteiger partial charge < -0.3 is 5.73 Å². The topological polar surface area (TPSA) is 115 Å². The van der Waals surface area contributed by atoms with Gasteiger partial charge in [-0.2, -0.15) is 0 Å². The van der Waals surface area contributed by atoms with E-state index in [9.17, 15) is 18.5 Å². The molecule has 0 fully saturated rings. The van der Waals surface area contributed by atoms with Gasteiger partial charge in [0.25, 0.3) is 5.69 Å². The van der Waals surface area contributed by atoms with Gasteiger partial charge in [0.05, 0.1) is 4.92 Å². The molecule has 0 radical (unpaired) electrons. The highest BCUT2D eigenvalue weighted by Crippen LogP contribution is 2.25. The maximum absolute atomic E-state index is 12.1. The van der Waals surface area contributed by atoms with Gasteiger partial charge in [-0.3, -0.25) is 10.1 Å². The number of hydrogen-bond acceptors (Lipinski definition) is 5. The molecule has 0 atom stereocenters. The Labute approximate surface area is 124 Å². The van der Waals surface area contributed by atoms with Crippen molar-refractivity contribution in [1.29, 1.82) is 0 Å². The average Bonchev–Trinajstić information content (AvgIpc) is 2.37. The van der Waals surface area contributed by atoms with Crippen LogP contribution in [0, 0.1) is 16.0 Å². The lowest BCUT2D eigenvalue weighted by molar-refractivity contribution is -0.387. The summed E-state index contributed by atoms with van der Waals surface area (Å²) in [6.07, 6.45) is 2.62. The molecule has 7 nitrogen and oxygen atoms in total. The number of nitro groups is 1. The third-order valence-corrected chi connectivity index (χ3v) is 4.48. The normalized spacial score (nSPS) is 11.8. The third-order valence-electron chi connectivity index (χ3n) is 2.97. The van der Waals surface area contributed by atoms with E-state index in [0.717, 1.165) is 25.0 Å². The van der Waals surface area contributed by atoms with Crippen molar-refractivity contribution in [2.75, 3.05) is 12.3 Å². The first-order chi connectivity index (χ1) is 9.74. The van der Waals surface area contributed by atoms with E-state index in [1.807, 2.05) is 0 Å². The number of unbranched alkanes of at least 4 members (excludes halogenated alkanes) is 1. The summed E-state index contributed by atoms with van der Waals surface area (Å²) in [7, 11) is -3.90. The van der Waals surface area contributed by atoms with E-state index in [0.29, 0.717) is 12.3 Å². The molecule has 0 amide bonds. The van der Waals surface area contributed by atoms with Crippen LogP contribution in [0.1, 0.15) is 33.1 Å². The Morgan fingerprint density at radius 2 is 2.00 bits per heavy atom. The van der Waals surface area contributed by atoms with Gasteiger partial charge in [-0.05, 0) is 24.5 Å². The van der Waals surface area contributed by atoms with E-state index in [-0.39, 0.29) is 17.1 Å². The van der Waals surface area contributed by atoms with E-state index in [2.05, 4.69) is 18.6 Å². The highest BCUT2D eigenvalue weighted by atomic mass is 32.2. The second kappa shape index (κ2) is 7.37. The number of sulfonamides is 1. The minimum Gasteiger partial charge on any atom is -0.399 e. The van der Waals surface area contributed by atoms with Gasteiger partial charge in [0.1, 0.15) is 0 Å². The van der Waals surface area contributed by atoms with Gasteiger partial charge in [0, 0.05) is 18.3 Å². The predicted octanol–water partition coefficient (Wildman–Crippen LogP) is 2.28. The molecule has 0 spiro atoms. The zero-order valence-electron chi connectivity index (χ0n) is 12.2. The van der Waals surface area contributed by atoms with Crippen LogP contribution in [-0.2, 0) is 10.0 Å². The number of anilines is 1. The van der Waals surface area contributed by atoms with Crippen molar-refractivity contribution < 1.29 is 13.3 Å². The fourth-order valence-corrected chi connectivity index (χ4v) is 3.09. The summed E-state index contributed by atoms with van der Waals surface area (Å²) < 4.78 is 26.6. The van der Waals surface area contributed by atoms with Crippen LogP contribution in [0.2, 0.25) is 0 Å². The molecular weight excluding hydrogens is 294 g/mol. The first kappa shape index (κ1) is 17.4. The highest BCUT2D eigenvalue weighted by molar-refractivity contribution is 7.89. The SMILES string of the molecule is CC(C)CCCCNS(=O)(=O)c1ccc(N)cc1[N+](=O)[O-]. The predicted molar refractivity (Wildman–Crippen MR) is 81.4 cm³/mol. The molecule has 1 rings (SSSR count). The van der Waals surface area contributed by atoms with Crippen molar-refractivity contribution in [3.63, 3.8) is 0 Å². The van der Waals surface area contributed by atoms with E-state index in [1.165, 1.54) is 6.07 Å². The standard InChI is InChI=1S/C13H21N3O4S/c1-10(2)5-3-4-8-15-21(19,20)13-7-6-11(14)9-12(13)16(17)18/h6-7,9-10,15H,3-5,8,14H2,1-2H3. The van der Waals surface area contributed by atoms with Crippen LogP contribution in [0.15, 0.2) is 23.1 Å². The minimum absolute atomic E-state index is 0.151. The second-order valence-electron chi connectivity index (χ2n) is 5.27. The summed E-state index contributed by atoms with van der Waals surface area (Å²) in [6, 6.07) is 3.54. The number of nitrogens with zero attached hydrogens (tertiary/aromatic N) is 1. The maximum atomic E-state index is 12.1. The Morgan fingerprint density at radius 1 is 1.33 bits per heavy atom. The van der Waals surface area contributed by atoms with Crippen LogP contribution in [-0.4, -0.2) is 19.9 Å². The van der Waals surface area contributed by atoms with Crippen LogP contribution in [0.5, 0.6) is 0 Å². The fourth-order valence-electron chi connectivity index (χ4n) is 1.87. The summed E-state index contributed by atoms with van der Waals surface area (Å²) in [6.45, 7) is 4.46. The summed E-state index contributed by atoms with van der Waals surface area (Å²) in [4.78, 5) is 9.83. The molecule has 0 saturated carbocycles. The Bertz CT molecular complexity index is 599. The molecule has 0 unspecified atom stereocenters. The van der Waals surface area contributed by atoms with E-state index in [4.69, 9.17) is 5.73 Å². The number of nitrogens with two attached hydrogens (primary N) is 1. The average molecular weight is 315 g/mol. The Balaban J connectivity index is 2.77. The van der Waals surface area contributed by atoms with Gasteiger partial charge in [-0.15, -0.1) is 0 Å². The number of rotatable bonds is 8. The van der Waals surface area contributed by atoms with Crippen molar-refractivity contribution in [1.82, 2.24) is 4.72 Å². The lowest BCUT2D eigenvalue weighted by Crippen LogP contribution is -2.25. The van der Waals surface area contributed by atoms with E-state index < -0.39 is 20.6 Å². The van der Waals surface area contributed by atoms with E-state index >= 15 is 0 Å². The first-order valence-corrected chi connectivity index (χ1v) is 8.26. The van der Waals surface area contributed by atoms with Crippen molar-refractivity contribution >= 4 is 21.4 Å². The van der Waals surface area contributed by atoms with Gasteiger partial charge in [0.2, 0.25) is 10.0 Å². The Kier molecular flexibility index (Phi) is 6.10. The third kappa shape index (κ3) is 5.31. The lowest BCUT2D eigenvalue weighted by Gasteiger charge is -2.08.